The van der Waals surface area contributed by atoms with E-state index in [1.165, 1.54) is 6.42 Å². The van der Waals surface area contributed by atoms with Crippen molar-refractivity contribution < 1.29 is 9.90 Å². The lowest BCUT2D eigenvalue weighted by Gasteiger charge is -2.18. The van der Waals surface area contributed by atoms with Crippen LogP contribution in [-0.2, 0) is 6.42 Å². The average Bonchev–Trinajstić information content (AvgIpc) is 3.03. The maximum Gasteiger partial charge on any atom is 0.335 e. The topological polar surface area (TPSA) is 49.3 Å². The van der Waals surface area contributed by atoms with Crippen LogP contribution in [0.1, 0.15) is 34.3 Å². The molecular weight excluding hydrogens is 274 g/mol. The number of hydrogen-bond donors (Lipinski definition) is 2. The van der Waals surface area contributed by atoms with Gasteiger partial charge in [0.1, 0.15) is 0 Å². The highest BCUT2D eigenvalue weighted by molar-refractivity contribution is 5.91. The van der Waals surface area contributed by atoms with E-state index in [0.717, 1.165) is 41.6 Å². The second kappa shape index (κ2) is 6.32. The number of nitrogens with one attached hydrogen (secondary N) is 1. The predicted octanol–water partition coefficient (Wildman–Crippen LogP) is 3.65. The summed E-state index contributed by atoms with van der Waals surface area (Å²) >= 11 is 0. The van der Waals surface area contributed by atoms with Crippen LogP contribution in [0.3, 0.4) is 0 Å². The van der Waals surface area contributed by atoms with Gasteiger partial charge in [-0.15, -0.1) is 0 Å². The summed E-state index contributed by atoms with van der Waals surface area (Å²) in [7, 11) is 0. The smallest absolute Gasteiger partial charge is 0.335 e. The molecule has 1 heterocycles. The van der Waals surface area contributed by atoms with Crippen molar-refractivity contribution in [1.29, 1.82) is 0 Å². The van der Waals surface area contributed by atoms with Gasteiger partial charge in [-0.25, -0.2) is 4.79 Å². The Balaban J connectivity index is 2.05. The third-order valence-electron chi connectivity index (χ3n) is 4.53. The highest BCUT2D eigenvalue weighted by Gasteiger charge is 2.21. The fourth-order valence-electron chi connectivity index (χ4n) is 3.33. The Morgan fingerprint density at radius 2 is 2.00 bits per heavy atom. The van der Waals surface area contributed by atoms with Crippen LogP contribution in [0.2, 0.25) is 0 Å². The molecule has 2 aromatic carbocycles. The first-order valence-corrected chi connectivity index (χ1v) is 7.81. The first-order chi connectivity index (χ1) is 10.7. The highest BCUT2D eigenvalue weighted by Crippen LogP contribution is 2.29. The van der Waals surface area contributed by atoms with Crippen LogP contribution in [0.25, 0.3) is 11.1 Å². The van der Waals surface area contributed by atoms with Crippen LogP contribution >= 0.6 is 0 Å². The van der Waals surface area contributed by atoms with Crippen molar-refractivity contribution in [3.63, 3.8) is 0 Å². The van der Waals surface area contributed by atoms with Crippen molar-refractivity contribution in [2.24, 2.45) is 0 Å². The molecule has 3 rings (SSSR count). The van der Waals surface area contributed by atoms with Crippen molar-refractivity contribution in [2.75, 3.05) is 6.54 Å². The maximum atomic E-state index is 11.6. The van der Waals surface area contributed by atoms with Gasteiger partial charge in [0.25, 0.3) is 0 Å². The lowest BCUT2D eigenvalue weighted by atomic mass is 9.89. The molecule has 0 aromatic heterocycles. The van der Waals surface area contributed by atoms with Gasteiger partial charge >= 0.3 is 5.97 Å². The lowest BCUT2D eigenvalue weighted by Crippen LogP contribution is -2.25. The largest absolute Gasteiger partial charge is 0.478 e. The van der Waals surface area contributed by atoms with Crippen molar-refractivity contribution in [3.05, 3.63) is 59.2 Å². The van der Waals surface area contributed by atoms with Crippen LogP contribution in [0.5, 0.6) is 0 Å². The Bertz CT molecular complexity index is 673. The summed E-state index contributed by atoms with van der Waals surface area (Å²) in [5, 5.41) is 13.0. The minimum absolute atomic E-state index is 0.392. The van der Waals surface area contributed by atoms with Crippen molar-refractivity contribution in [3.8, 4) is 11.1 Å². The molecule has 0 spiro atoms. The Morgan fingerprint density at radius 1 is 1.23 bits per heavy atom. The molecule has 0 radical (unpaired) electrons. The molecule has 0 aliphatic carbocycles. The van der Waals surface area contributed by atoms with Gasteiger partial charge < -0.3 is 10.4 Å². The summed E-state index contributed by atoms with van der Waals surface area (Å²) in [4.78, 5) is 11.6. The molecule has 1 unspecified atom stereocenters. The number of carboxylic acids is 1. The molecule has 1 atom stereocenters. The summed E-state index contributed by atoms with van der Waals surface area (Å²) in [6, 6.07) is 14.2. The summed E-state index contributed by atoms with van der Waals surface area (Å²) in [5.74, 6) is -0.837. The van der Waals surface area contributed by atoms with Crippen LogP contribution < -0.4 is 5.32 Å². The van der Waals surface area contributed by atoms with E-state index in [9.17, 15) is 9.90 Å². The second-order valence-electron chi connectivity index (χ2n) is 5.93. The molecule has 1 aliphatic heterocycles. The van der Waals surface area contributed by atoms with Crippen molar-refractivity contribution in [2.45, 2.75) is 32.2 Å². The first-order valence-electron chi connectivity index (χ1n) is 7.81. The van der Waals surface area contributed by atoms with Crippen LogP contribution in [0, 0.1) is 6.92 Å². The summed E-state index contributed by atoms with van der Waals surface area (Å²) in [5.41, 5.74) is 4.75. The maximum absolute atomic E-state index is 11.6. The van der Waals surface area contributed by atoms with E-state index in [1.807, 2.05) is 31.2 Å². The number of carboxylic acid groups (broad SMARTS) is 1. The number of aromatic carboxylic acids is 1. The van der Waals surface area contributed by atoms with E-state index >= 15 is 0 Å². The highest BCUT2D eigenvalue weighted by atomic mass is 16.4. The quantitative estimate of drug-likeness (QED) is 0.905. The molecule has 1 fully saturated rings. The Morgan fingerprint density at radius 3 is 2.64 bits per heavy atom. The molecular formula is C19H21NO2. The zero-order valence-electron chi connectivity index (χ0n) is 12.8. The van der Waals surface area contributed by atoms with E-state index in [-0.39, 0.29) is 0 Å². The standard InChI is InChI=1S/C19H21NO2/c1-13-16(14-6-3-2-4-7-14)9-10-17(19(21)22)18(13)12-15-8-5-11-20-15/h2-4,6-7,9-10,15,20H,5,8,11-12H2,1H3,(H,21,22). The SMILES string of the molecule is Cc1c(-c2ccccc2)ccc(C(=O)O)c1CC1CCCN1. The monoisotopic (exact) mass is 295 g/mol. The summed E-state index contributed by atoms with van der Waals surface area (Å²) < 4.78 is 0. The van der Waals surface area contributed by atoms with E-state index in [1.54, 1.807) is 6.07 Å². The van der Waals surface area contributed by atoms with E-state index in [0.29, 0.717) is 11.6 Å². The lowest BCUT2D eigenvalue weighted by molar-refractivity contribution is 0.0695. The van der Waals surface area contributed by atoms with Gasteiger partial charge in [0.05, 0.1) is 5.56 Å². The van der Waals surface area contributed by atoms with Crippen LogP contribution in [0.15, 0.2) is 42.5 Å². The molecule has 114 valence electrons. The minimum atomic E-state index is -0.837. The van der Waals surface area contributed by atoms with Gasteiger partial charge in [-0.3, -0.25) is 0 Å². The zero-order chi connectivity index (χ0) is 15.5. The molecule has 0 saturated carbocycles. The number of rotatable bonds is 4. The molecule has 1 saturated heterocycles. The molecule has 1 aliphatic rings. The number of hydrogen-bond acceptors (Lipinski definition) is 2. The number of carbonyl (C=O) groups is 1. The Labute approximate surface area is 131 Å². The zero-order valence-corrected chi connectivity index (χ0v) is 12.8. The second-order valence-corrected chi connectivity index (χ2v) is 5.93. The van der Waals surface area contributed by atoms with Gasteiger partial charge in [-0.2, -0.15) is 0 Å². The molecule has 3 heteroatoms. The average molecular weight is 295 g/mol. The fraction of sp³-hybridized carbons (Fsp3) is 0.316. The molecule has 3 nitrogen and oxygen atoms in total. The Kier molecular flexibility index (Phi) is 4.25. The fourth-order valence-corrected chi connectivity index (χ4v) is 3.33. The number of benzene rings is 2. The molecule has 0 amide bonds. The van der Waals surface area contributed by atoms with E-state index < -0.39 is 5.97 Å². The normalized spacial score (nSPS) is 17.6. The van der Waals surface area contributed by atoms with Crippen molar-refractivity contribution >= 4 is 5.97 Å². The molecule has 2 N–H and O–H groups in total. The van der Waals surface area contributed by atoms with Crippen LogP contribution in [0.4, 0.5) is 0 Å². The van der Waals surface area contributed by atoms with Gasteiger partial charge in [0.2, 0.25) is 0 Å². The third kappa shape index (κ3) is 2.90. The summed E-state index contributed by atoms with van der Waals surface area (Å²) in [6.07, 6.45) is 3.08. The van der Waals surface area contributed by atoms with Crippen LogP contribution in [-0.4, -0.2) is 23.7 Å². The third-order valence-corrected chi connectivity index (χ3v) is 4.53. The van der Waals surface area contributed by atoms with Gasteiger partial charge in [0.15, 0.2) is 0 Å². The first kappa shape index (κ1) is 14.8. The molecule has 22 heavy (non-hydrogen) atoms. The van der Waals surface area contributed by atoms with E-state index in [4.69, 9.17) is 0 Å². The van der Waals surface area contributed by atoms with Gasteiger partial charge in [-0.1, -0.05) is 36.4 Å². The predicted molar refractivity (Wildman–Crippen MR) is 88.3 cm³/mol. The molecule has 0 bridgehead atoms. The molecule has 2 aromatic rings. The summed E-state index contributed by atoms with van der Waals surface area (Å²) in [6.45, 7) is 3.07. The minimum Gasteiger partial charge on any atom is -0.478 e. The van der Waals surface area contributed by atoms with Gasteiger partial charge in [0, 0.05) is 6.04 Å². The van der Waals surface area contributed by atoms with Gasteiger partial charge in [-0.05, 0) is 61.1 Å². The van der Waals surface area contributed by atoms with E-state index in [2.05, 4.69) is 17.4 Å². The van der Waals surface area contributed by atoms with Crippen molar-refractivity contribution in [1.82, 2.24) is 5.32 Å². The Hall–Kier alpha value is -2.13.